The Morgan fingerprint density at radius 2 is 1.52 bits per heavy atom. The van der Waals surface area contributed by atoms with Gasteiger partial charge in [0, 0.05) is 17.0 Å². The standard InChI is InChI=1S/C27H32N2O4/c1-26(2,3)32-24(30)20-15-14-19-16-22(18-12-13-18)29(23(19)17-20)28(21-10-8-7-9-11-21)25(31)33-27(4,5)6/h7-11,14-18H,12-13H2,1-6H3. The summed E-state index contributed by atoms with van der Waals surface area (Å²) < 4.78 is 13.3. The van der Waals surface area contributed by atoms with Gasteiger partial charge in [-0.25, -0.2) is 14.3 Å². The fraction of sp³-hybridized carbons (Fsp3) is 0.407. The molecule has 1 heterocycles. The molecule has 0 unspecified atom stereocenters. The molecule has 174 valence electrons. The van der Waals surface area contributed by atoms with Crippen molar-refractivity contribution < 1.29 is 19.1 Å². The lowest BCUT2D eigenvalue weighted by Crippen LogP contribution is -2.41. The molecule has 1 amide bonds. The highest BCUT2D eigenvalue weighted by Crippen LogP contribution is 2.43. The molecule has 1 aliphatic carbocycles. The van der Waals surface area contributed by atoms with Crippen LogP contribution in [0.4, 0.5) is 10.5 Å². The Morgan fingerprint density at radius 3 is 2.09 bits per heavy atom. The van der Waals surface area contributed by atoms with Crippen LogP contribution >= 0.6 is 0 Å². The molecule has 2 aromatic carbocycles. The number of nitrogens with zero attached hydrogens (tertiary/aromatic N) is 2. The van der Waals surface area contributed by atoms with Gasteiger partial charge in [0.15, 0.2) is 0 Å². The van der Waals surface area contributed by atoms with Gasteiger partial charge in [0.1, 0.15) is 11.2 Å². The highest BCUT2D eigenvalue weighted by molar-refractivity contribution is 5.97. The van der Waals surface area contributed by atoms with Crippen molar-refractivity contribution in [2.24, 2.45) is 0 Å². The minimum Gasteiger partial charge on any atom is -0.456 e. The van der Waals surface area contributed by atoms with Crippen LogP contribution in [0, 0.1) is 0 Å². The number of hydrogen-bond acceptors (Lipinski definition) is 4. The lowest BCUT2D eigenvalue weighted by atomic mass is 10.1. The SMILES string of the molecule is CC(C)(C)OC(=O)c1ccc2cc(C3CC3)n(N(C(=O)OC(C)(C)C)c3ccccc3)c2c1. The Morgan fingerprint density at radius 1 is 0.879 bits per heavy atom. The second-order valence-corrected chi connectivity index (χ2v) is 10.6. The van der Waals surface area contributed by atoms with Crippen LogP contribution in [0.15, 0.2) is 54.6 Å². The van der Waals surface area contributed by atoms with Crippen molar-refractivity contribution in [3.8, 4) is 0 Å². The van der Waals surface area contributed by atoms with E-state index in [0.29, 0.717) is 17.2 Å². The van der Waals surface area contributed by atoms with Crippen LogP contribution < -0.4 is 5.01 Å². The van der Waals surface area contributed by atoms with Crippen molar-refractivity contribution in [3.63, 3.8) is 0 Å². The lowest BCUT2D eigenvalue weighted by Gasteiger charge is -2.30. The number of amides is 1. The van der Waals surface area contributed by atoms with E-state index in [-0.39, 0.29) is 0 Å². The Bertz CT molecular complexity index is 1180. The number of ether oxygens (including phenoxy) is 2. The molecule has 1 fully saturated rings. The summed E-state index contributed by atoms with van der Waals surface area (Å²) >= 11 is 0. The van der Waals surface area contributed by atoms with E-state index in [0.717, 1.165) is 29.4 Å². The second-order valence-electron chi connectivity index (χ2n) is 10.6. The molecular weight excluding hydrogens is 416 g/mol. The van der Waals surface area contributed by atoms with E-state index >= 15 is 0 Å². The van der Waals surface area contributed by atoms with Crippen LogP contribution in [0.1, 0.15) is 76.4 Å². The van der Waals surface area contributed by atoms with E-state index in [2.05, 4.69) is 6.07 Å². The van der Waals surface area contributed by atoms with Gasteiger partial charge in [0.25, 0.3) is 0 Å². The predicted octanol–water partition coefficient (Wildman–Crippen LogP) is 6.68. The zero-order valence-electron chi connectivity index (χ0n) is 20.2. The van der Waals surface area contributed by atoms with Crippen LogP contribution in [0.25, 0.3) is 10.9 Å². The molecule has 0 aliphatic heterocycles. The van der Waals surface area contributed by atoms with Crippen LogP contribution in [0.5, 0.6) is 0 Å². The zero-order valence-corrected chi connectivity index (χ0v) is 20.2. The van der Waals surface area contributed by atoms with Crippen LogP contribution in [0.3, 0.4) is 0 Å². The average molecular weight is 449 g/mol. The van der Waals surface area contributed by atoms with Crippen molar-refractivity contribution in [2.45, 2.75) is 71.5 Å². The highest BCUT2D eigenvalue weighted by atomic mass is 16.6. The van der Waals surface area contributed by atoms with Crippen molar-refractivity contribution in [3.05, 3.63) is 65.9 Å². The van der Waals surface area contributed by atoms with Crippen molar-refractivity contribution in [2.75, 3.05) is 5.01 Å². The predicted molar refractivity (Wildman–Crippen MR) is 130 cm³/mol. The number of esters is 1. The molecule has 4 rings (SSSR count). The van der Waals surface area contributed by atoms with Crippen LogP contribution in [-0.2, 0) is 9.47 Å². The van der Waals surface area contributed by atoms with Crippen molar-refractivity contribution >= 4 is 28.7 Å². The van der Waals surface area contributed by atoms with Gasteiger partial charge in [0.2, 0.25) is 0 Å². The number of fused-ring (bicyclic) bond motifs is 1. The fourth-order valence-corrected chi connectivity index (χ4v) is 3.74. The maximum absolute atomic E-state index is 13.5. The number of carbonyl (C=O) groups is 2. The number of hydrogen-bond donors (Lipinski definition) is 0. The van der Waals surface area contributed by atoms with Gasteiger partial charge >= 0.3 is 12.1 Å². The highest BCUT2D eigenvalue weighted by Gasteiger charge is 2.34. The third-order valence-electron chi connectivity index (χ3n) is 5.20. The molecule has 33 heavy (non-hydrogen) atoms. The second kappa shape index (κ2) is 8.25. The topological polar surface area (TPSA) is 60.8 Å². The van der Waals surface area contributed by atoms with Gasteiger partial charge in [-0.2, -0.15) is 5.01 Å². The minimum atomic E-state index is -0.658. The van der Waals surface area contributed by atoms with Crippen LogP contribution in [0.2, 0.25) is 0 Å². The maximum atomic E-state index is 13.5. The molecule has 0 spiro atoms. The van der Waals surface area contributed by atoms with Crippen molar-refractivity contribution in [1.82, 2.24) is 4.68 Å². The summed E-state index contributed by atoms with van der Waals surface area (Å²) in [6.45, 7) is 11.1. The molecular formula is C27H32N2O4. The van der Waals surface area contributed by atoms with Gasteiger partial charge < -0.3 is 9.47 Å². The van der Waals surface area contributed by atoms with Crippen molar-refractivity contribution in [1.29, 1.82) is 0 Å². The Kier molecular flexibility index (Phi) is 5.72. The summed E-state index contributed by atoms with van der Waals surface area (Å²) in [7, 11) is 0. The number of aromatic nitrogens is 1. The molecule has 0 N–H and O–H groups in total. The van der Waals surface area contributed by atoms with Gasteiger partial charge in [-0.3, -0.25) is 0 Å². The van der Waals surface area contributed by atoms with Gasteiger partial charge in [0.05, 0.1) is 16.8 Å². The van der Waals surface area contributed by atoms with Gasteiger partial charge in [-0.1, -0.05) is 24.3 Å². The average Bonchev–Trinajstić information content (AvgIpc) is 3.48. The minimum absolute atomic E-state index is 0.357. The van der Waals surface area contributed by atoms with Crippen LogP contribution in [-0.4, -0.2) is 27.9 Å². The zero-order chi connectivity index (χ0) is 24.0. The number of anilines is 1. The summed E-state index contributed by atoms with van der Waals surface area (Å²) in [6, 6.07) is 17.0. The largest absolute Gasteiger partial charge is 0.456 e. The molecule has 0 atom stereocenters. The first-order valence-electron chi connectivity index (χ1n) is 11.4. The number of rotatable bonds is 4. The molecule has 0 bridgehead atoms. The van der Waals surface area contributed by atoms with E-state index in [1.807, 2.05) is 82.6 Å². The molecule has 6 heteroatoms. The summed E-state index contributed by atoms with van der Waals surface area (Å²) in [6.07, 6.45) is 1.65. The first-order valence-corrected chi connectivity index (χ1v) is 11.4. The first kappa shape index (κ1) is 22.9. The summed E-state index contributed by atoms with van der Waals surface area (Å²) in [5, 5.41) is 2.52. The van der Waals surface area contributed by atoms with Gasteiger partial charge in [-0.05, 0) is 84.7 Å². The molecule has 1 aliphatic rings. The summed E-state index contributed by atoms with van der Waals surface area (Å²) in [5.41, 5.74) is 1.66. The van der Waals surface area contributed by atoms with E-state index in [1.54, 1.807) is 17.1 Å². The molecule has 1 aromatic heterocycles. The summed E-state index contributed by atoms with van der Waals surface area (Å²) in [5.74, 6) is -0.0373. The molecule has 1 saturated carbocycles. The van der Waals surface area contributed by atoms with Gasteiger partial charge in [-0.15, -0.1) is 0 Å². The first-order chi connectivity index (χ1) is 15.4. The number of para-hydroxylation sites is 1. The quantitative estimate of drug-likeness (QED) is 0.418. The fourth-order valence-electron chi connectivity index (χ4n) is 3.74. The number of benzene rings is 2. The Balaban J connectivity index is 1.89. The lowest BCUT2D eigenvalue weighted by molar-refractivity contribution is 0.00695. The Labute approximate surface area is 195 Å². The Hall–Kier alpha value is -3.28. The molecule has 6 nitrogen and oxygen atoms in total. The molecule has 0 saturated heterocycles. The number of carbonyl (C=O) groups excluding carboxylic acids is 2. The summed E-state index contributed by atoms with van der Waals surface area (Å²) in [4.78, 5) is 26.3. The molecule has 0 radical (unpaired) electrons. The third-order valence-corrected chi connectivity index (χ3v) is 5.20. The maximum Gasteiger partial charge on any atom is 0.434 e. The normalized spacial score (nSPS) is 14.2. The smallest absolute Gasteiger partial charge is 0.434 e. The monoisotopic (exact) mass is 448 g/mol. The van der Waals surface area contributed by atoms with E-state index < -0.39 is 23.3 Å². The third kappa shape index (κ3) is 5.21. The molecule has 3 aromatic rings. The van der Waals surface area contributed by atoms with E-state index in [1.165, 1.54) is 0 Å². The van der Waals surface area contributed by atoms with E-state index in [9.17, 15) is 9.59 Å². The van der Waals surface area contributed by atoms with E-state index in [4.69, 9.17) is 9.47 Å².